The minimum absolute atomic E-state index is 0.0706. The van der Waals surface area contributed by atoms with E-state index in [1.54, 1.807) is 0 Å². The Labute approximate surface area is 98.0 Å². The smallest absolute Gasteiger partial charge is 0.222 e. The van der Waals surface area contributed by atoms with Crippen LogP contribution in [0.4, 0.5) is 0 Å². The lowest BCUT2D eigenvalue weighted by molar-refractivity contribution is -0.121. The topological polar surface area (TPSA) is 59.0 Å². The summed E-state index contributed by atoms with van der Waals surface area (Å²) in [5.74, 6) is 1.22. The molecule has 0 saturated carbocycles. The molecule has 0 radical (unpaired) electrons. The van der Waals surface area contributed by atoms with Gasteiger partial charge in [-0.1, -0.05) is 0 Å². The molecule has 1 amide bonds. The largest absolute Gasteiger partial charge is 0.355 e. The standard InChI is InChI=1S/C10H14N4OS/c15-9-5-7(11-1-2-12-9)8-6-10-14(13-8)3-4-16-10/h6-7,11H,1-5H2,(H,12,15). The molecule has 5 nitrogen and oxygen atoms in total. The number of nitrogens with one attached hydrogen (secondary N) is 2. The highest BCUT2D eigenvalue weighted by molar-refractivity contribution is 7.99. The van der Waals surface area contributed by atoms with Crippen molar-refractivity contribution in [2.45, 2.75) is 24.0 Å². The lowest BCUT2D eigenvalue weighted by Gasteiger charge is -2.11. The first-order valence-corrected chi connectivity index (χ1v) is 6.52. The van der Waals surface area contributed by atoms with Gasteiger partial charge in [-0.2, -0.15) is 5.10 Å². The van der Waals surface area contributed by atoms with E-state index < -0.39 is 0 Å². The van der Waals surface area contributed by atoms with Gasteiger partial charge in [0.1, 0.15) is 0 Å². The van der Waals surface area contributed by atoms with E-state index in [4.69, 9.17) is 0 Å². The average Bonchev–Trinajstić information content (AvgIpc) is 2.76. The number of carbonyl (C=O) groups is 1. The quantitative estimate of drug-likeness (QED) is 0.730. The zero-order valence-corrected chi connectivity index (χ0v) is 9.72. The number of fused-ring (bicyclic) bond motifs is 1. The van der Waals surface area contributed by atoms with Crippen LogP contribution in [0.25, 0.3) is 0 Å². The molecule has 2 aliphatic heterocycles. The Balaban J connectivity index is 1.82. The van der Waals surface area contributed by atoms with E-state index >= 15 is 0 Å². The van der Waals surface area contributed by atoms with Crippen LogP contribution in [0.15, 0.2) is 11.1 Å². The summed E-state index contributed by atoms with van der Waals surface area (Å²) in [5, 5.41) is 12.0. The van der Waals surface area contributed by atoms with Crippen LogP contribution in [0, 0.1) is 0 Å². The van der Waals surface area contributed by atoms with Crippen molar-refractivity contribution in [3.63, 3.8) is 0 Å². The van der Waals surface area contributed by atoms with Crippen molar-refractivity contribution in [1.29, 1.82) is 0 Å². The maximum absolute atomic E-state index is 11.5. The summed E-state index contributed by atoms with van der Waals surface area (Å²) in [4.78, 5) is 11.5. The Kier molecular flexibility index (Phi) is 2.61. The van der Waals surface area contributed by atoms with Gasteiger partial charge in [0.15, 0.2) is 0 Å². The summed E-state index contributed by atoms with van der Waals surface area (Å²) in [5.41, 5.74) is 0.999. The van der Waals surface area contributed by atoms with Crippen LogP contribution in [-0.4, -0.2) is 34.5 Å². The maximum atomic E-state index is 11.5. The first kappa shape index (κ1) is 10.2. The van der Waals surface area contributed by atoms with Gasteiger partial charge >= 0.3 is 0 Å². The van der Waals surface area contributed by atoms with Crippen LogP contribution in [0.3, 0.4) is 0 Å². The van der Waals surface area contributed by atoms with Gasteiger partial charge in [-0.3, -0.25) is 9.48 Å². The van der Waals surface area contributed by atoms with Crippen molar-refractivity contribution in [3.05, 3.63) is 11.8 Å². The van der Waals surface area contributed by atoms with Crippen LogP contribution < -0.4 is 10.6 Å². The molecule has 1 atom stereocenters. The summed E-state index contributed by atoms with van der Waals surface area (Å²) in [6.07, 6.45) is 0.487. The number of hydrogen-bond donors (Lipinski definition) is 2. The summed E-state index contributed by atoms with van der Waals surface area (Å²) >= 11 is 1.83. The summed E-state index contributed by atoms with van der Waals surface area (Å²) in [7, 11) is 0. The molecular weight excluding hydrogens is 224 g/mol. The van der Waals surface area contributed by atoms with E-state index in [2.05, 4.69) is 21.8 Å². The predicted molar refractivity (Wildman–Crippen MR) is 61.3 cm³/mol. The second kappa shape index (κ2) is 4.10. The van der Waals surface area contributed by atoms with E-state index in [1.165, 1.54) is 5.03 Å². The number of amides is 1. The van der Waals surface area contributed by atoms with E-state index in [0.29, 0.717) is 13.0 Å². The molecule has 86 valence electrons. The summed E-state index contributed by atoms with van der Waals surface area (Å²) in [6, 6.07) is 2.18. The van der Waals surface area contributed by atoms with Crippen molar-refractivity contribution >= 4 is 17.7 Å². The molecule has 6 heteroatoms. The number of thioether (sulfide) groups is 1. The van der Waals surface area contributed by atoms with Gasteiger partial charge < -0.3 is 10.6 Å². The van der Waals surface area contributed by atoms with Crippen molar-refractivity contribution in [2.24, 2.45) is 0 Å². The molecule has 16 heavy (non-hydrogen) atoms. The lowest BCUT2D eigenvalue weighted by Crippen LogP contribution is -2.24. The second-order valence-corrected chi connectivity index (χ2v) is 5.16. The molecule has 1 unspecified atom stereocenters. The van der Waals surface area contributed by atoms with Gasteiger partial charge in [0.05, 0.1) is 23.3 Å². The van der Waals surface area contributed by atoms with Gasteiger partial charge in [0.2, 0.25) is 5.91 Å². The molecule has 1 saturated heterocycles. The minimum Gasteiger partial charge on any atom is -0.355 e. The van der Waals surface area contributed by atoms with Crippen LogP contribution in [0.2, 0.25) is 0 Å². The number of rotatable bonds is 1. The van der Waals surface area contributed by atoms with Gasteiger partial charge in [0, 0.05) is 25.3 Å². The summed E-state index contributed by atoms with van der Waals surface area (Å²) in [6.45, 7) is 2.50. The highest BCUT2D eigenvalue weighted by Crippen LogP contribution is 2.28. The molecule has 0 spiro atoms. The second-order valence-electron chi connectivity index (χ2n) is 4.04. The zero-order chi connectivity index (χ0) is 11.0. The van der Waals surface area contributed by atoms with Gasteiger partial charge in [-0.25, -0.2) is 0 Å². The van der Waals surface area contributed by atoms with Crippen LogP contribution in [0.5, 0.6) is 0 Å². The van der Waals surface area contributed by atoms with Crippen molar-refractivity contribution < 1.29 is 4.79 Å². The van der Waals surface area contributed by atoms with Crippen LogP contribution in [-0.2, 0) is 11.3 Å². The molecule has 1 aromatic heterocycles. The first-order valence-electron chi connectivity index (χ1n) is 5.53. The van der Waals surface area contributed by atoms with Crippen molar-refractivity contribution in [3.8, 4) is 0 Å². The van der Waals surface area contributed by atoms with Gasteiger partial charge in [-0.05, 0) is 6.07 Å². The fourth-order valence-electron chi connectivity index (χ4n) is 2.09. The molecule has 3 rings (SSSR count). The van der Waals surface area contributed by atoms with Crippen LogP contribution >= 0.6 is 11.8 Å². The van der Waals surface area contributed by atoms with Gasteiger partial charge in [-0.15, -0.1) is 11.8 Å². The average molecular weight is 238 g/mol. The van der Waals surface area contributed by atoms with E-state index in [1.807, 2.05) is 16.4 Å². The third-order valence-corrected chi connectivity index (χ3v) is 3.91. The number of aromatic nitrogens is 2. The van der Waals surface area contributed by atoms with E-state index in [0.717, 1.165) is 24.5 Å². The molecule has 2 aliphatic rings. The Morgan fingerprint density at radius 1 is 1.50 bits per heavy atom. The van der Waals surface area contributed by atoms with Crippen molar-refractivity contribution in [1.82, 2.24) is 20.4 Å². The zero-order valence-electron chi connectivity index (χ0n) is 8.90. The summed E-state index contributed by atoms with van der Waals surface area (Å²) < 4.78 is 2.03. The Morgan fingerprint density at radius 2 is 2.44 bits per heavy atom. The van der Waals surface area contributed by atoms with Gasteiger partial charge in [0.25, 0.3) is 0 Å². The number of hydrogen-bond acceptors (Lipinski definition) is 4. The third-order valence-electron chi connectivity index (χ3n) is 2.90. The molecule has 3 heterocycles. The van der Waals surface area contributed by atoms with E-state index in [-0.39, 0.29) is 11.9 Å². The fourth-order valence-corrected chi connectivity index (χ4v) is 3.05. The predicted octanol–water partition coefficient (Wildman–Crippen LogP) is 0.139. The third kappa shape index (κ3) is 1.82. The SMILES string of the molecule is O=C1CC(c2cc3n(n2)CCS3)NCCN1. The highest BCUT2D eigenvalue weighted by atomic mass is 32.2. The monoisotopic (exact) mass is 238 g/mol. The molecule has 1 aromatic rings. The van der Waals surface area contributed by atoms with E-state index in [9.17, 15) is 4.79 Å². The first-order chi connectivity index (χ1) is 7.83. The molecule has 0 bridgehead atoms. The number of nitrogens with zero attached hydrogens (tertiary/aromatic N) is 2. The molecule has 0 aliphatic carbocycles. The highest BCUT2D eigenvalue weighted by Gasteiger charge is 2.23. The molecule has 2 N–H and O–H groups in total. The number of carbonyl (C=O) groups excluding carboxylic acids is 1. The van der Waals surface area contributed by atoms with Crippen molar-refractivity contribution in [2.75, 3.05) is 18.8 Å². The molecular formula is C10H14N4OS. The molecule has 0 aromatic carbocycles. The minimum atomic E-state index is 0.0706. The Bertz CT molecular complexity index is 395. The molecule has 1 fully saturated rings. The Morgan fingerprint density at radius 3 is 3.31 bits per heavy atom. The lowest BCUT2D eigenvalue weighted by atomic mass is 10.1. The maximum Gasteiger partial charge on any atom is 0.222 e. The fraction of sp³-hybridized carbons (Fsp3) is 0.600. The van der Waals surface area contributed by atoms with Crippen LogP contribution in [0.1, 0.15) is 18.2 Å². The normalized spacial score (nSPS) is 25.0. The number of aryl methyl sites for hydroxylation is 1. The Hall–Kier alpha value is -1.01.